The Morgan fingerprint density at radius 1 is 1.10 bits per heavy atom. The zero-order chi connectivity index (χ0) is 14.8. The van der Waals surface area contributed by atoms with Gasteiger partial charge in [0.05, 0.1) is 17.9 Å². The summed E-state index contributed by atoms with van der Waals surface area (Å²) in [4.78, 5) is 6.50. The normalized spacial score (nSPS) is 15.6. The number of hydrogen-bond donors (Lipinski definition) is 1. The number of hydrogen-bond acceptors (Lipinski definition) is 3. The number of nitrogens with zero attached hydrogens (tertiary/aromatic N) is 2. The van der Waals surface area contributed by atoms with Crippen molar-refractivity contribution >= 4 is 11.5 Å². The Balaban J connectivity index is 1.77. The highest BCUT2D eigenvalue weighted by Gasteiger charge is 2.32. The molecule has 0 spiro atoms. The minimum atomic E-state index is 0.401. The van der Waals surface area contributed by atoms with Crippen molar-refractivity contribution in [3.05, 3.63) is 53.7 Å². The Morgan fingerprint density at radius 2 is 1.81 bits per heavy atom. The molecule has 1 aromatic heterocycles. The molecular weight excluding hydrogens is 258 g/mol. The van der Waals surface area contributed by atoms with Crippen LogP contribution in [0.25, 0.3) is 0 Å². The van der Waals surface area contributed by atoms with Gasteiger partial charge in [-0.3, -0.25) is 0 Å². The predicted octanol–water partition coefficient (Wildman–Crippen LogP) is 4.02. The van der Waals surface area contributed by atoms with Crippen LogP contribution in [0.5, 0.6) is 0 Å². The Bertz CT molecular complexity index is 583. The van der Waals surface area contributed by atoms with E-state index in [0.717, 1.165) is 17.4 Å². The molecule has 1 saturated carbocycles. The maximum absolute atomic E-state index is 4.48. The molecule has 3 nitrogen and oxygen atoms in total. The zero-order valence-electron chi connectivity index (χ0n) is 13.0. The van der Waals surface area contributed by atoms with Gasteiger partial charge >= 0.3 is 0 Å². The van der Waals surface area contributed by atoms with Crippen LogP contribution in [-0.4, -0.2) is 19.1 Å². The number of aromatic nitrogens is 1. The van der Waals surface area contributed by atoms with Gasteiger partial charge in [-0.15, -0.1) is 0 Å². The van der Waals surface area contributed by atoms with Gasteiger partial charge in [0, 0.05) is 14.1 Å². The second-order valence-electron chi connectivity index (χ2n) is 6.17. The van der Waals surface area contributed by atoms with Crippen LogP contribution in [0, 0.1) is 12.8 Å². The number of aryl methyl sites for hydroxylation is 1. The molecule has 1 atom stereocenters. The molecule has 1 N–H and O–H groups in total. The largest absolute Gasteiger partial charge is 0.377 e. The van der Waals surface area contributed by atoms with E-state index in [2.05, 4.69) is 53.6 Å². The molecule has 0 amide bonds. The summed E-state index contributed by atoms with van der Waals surface area (Å²) in [6.07, 6.45) is 4.56. The molecule has 1 heterocycles. The Morgan fingerprint density at radius 3 is 2.33 bits per heavy atom. The van der Waals surface area contributed by atoms with Gasteiger partial charge in [0.15, 0.2) is 0 Å². The first-order chi connectivity index (χ1) is 10.1. The second kappa shape index (κ2) is 5.76. The first-order valence-corrected chi connectivity index (χ1v) is 7.60. The third-order valence-electron chi connectivity index (χ3n) is 4.06. The third-order valence-corrected chi connectivity index (χ3v) is 4.06. The Kier molecular flexibility index (Phi) is 3.82. The van der Waals surface area contributed by atoms with Crippen LogP contribution in [0.1, 0.15) is 30.0 Å². The molecule has 0 radical (unpaired) electrons. The topological polar surface area (TPSA) is 28.2 Å². The highest BCUT2D eigenvalue weighted by molar-refractivity contribution is 5.49. The van der Waals surface area contributed by atoms with Crippen LogP contribution in [0.4, 0.5) is 11.5 Å². The number of pyridine rings is 1. The first-order valence-electron chi connectivity index (χ1n) is 7.60. The lowest BCUT2D eigenvalue weighted by Gasteiger charge is -2.21. The van der Waals surface area contributed by atoms with Gasteiger partial charge in [0.2, 0.25) is 0 Å². The lowest BCUT2D eigenvalue weighted by Crippen LogP contribution is -2.14. The van der Waals surface area contributed by atoms with E-state index in [9.17, 15) is 0 Å². The van der Waals surface area contributed by atoms with Crippen LogP contribution in [0.3, 0.4) is 0 Å². The van der Waals surface area contributed by atoms with Crippen molar-refractivity contribution in [2.45, 2.75) is 25.8 Å². The Hall–Kier alpha value is -2.03. The molecule has 2 aromatic rings. The summed E-state index contributed by atoms with van der Waals surface area (Å²) in [5.41, 5.74) is 3.78. The summed E-state index contributed by atoms with van der Waals surface area (Å²) in [5.74, 6) is 1.74. The minimum absolute atomic E-state index is 0.401. The van der Waals surface area contributed by atoms with Gasteiger partial charge in [0.25, 0.3) is 0 Å². The van der Waals surface area contributed by atoms with Crippen molar-refractivity contribution in [3.8, 4) is 0 Å². The highest BCUT2D eigenvalue weighted by Crippen LogP contribution is 2.42. The molecule has 0 aliphatic heterocycles. The SMILES string of the molecule is Cc1ccc(C(Nc2ccc(N(C)C)nc2)C2CC2)cc1. The molecule has 110 valence electrons. The van der Waals surface area contributed by atoms with Gasteiger partial charge in [-0.05, 0) is 43.4 Å². The van der Waals surface area contributed by atoms with Crippen molar-refractivity contribution in [3.63, 3.8) is 0 Å². The highest BCUT2D eigenvalue weighted by atomic mass is 15.1. The molecular formula is C18H23N3. The maximum atomic E-state index is 4.48. The van der Waals surface area contributed by atoms with E-state index in [0.29, 0.717) is 6.04 Å². The molecule has 1 aliphatic rings. The van der Waals surface area contributed by atoms with Crippen LogP contribution in [0.2, 0.25) is 0 Å². The number of benzene rings is 1. The number of nitrogens with one attached hydrogen (secondary N) is 1. The van der Waals surface area contributed by atoms with E-state index in [1.54, 1.807) is 0 Å². The molecule has 21 heavy (non-hydrogen) atoms. The first kappa shape index (κ1) is 13.9. The number of rotatable bonds is 5. The maximum Gasteiger partial charge on any atom is 0.128 e. The smallest absolute Gasteiger partial charge is 0.128 e. The van der Waals surface area contributed by atoms with Gasteiger partial charge < -0.3 is 10.2 Å². The molecule has 3 rings (SSSR count). The molecule has 3 heteroatoms. The molecule has 1 unspecified atom stereocenters. The van der Waals surface area contributed by atoms with Crippen molar-refractivity contribution in [1.29, 1.82) is 0 Å². The summed E-state index contributed by atoms with van der Waals surface area (Å²) in [7, 11) is 4.02. The van der Waals surface area contributed by atoms with E-state index in [1.807, 2.05) is 25.2 Å². The lowest BCUT2D eigenvalue weighted by molar-refractivity contribution is 0.678. The molecule has 0 saturated heterocycles. The van der Waals surface area contributed by atoms with Crippen molar-refractivity contribution in [2.75, 3.05) is 24.3 Å². The average Bonchev–Trinajstić information content (AvgIpc) is 3.31. The van der Waals surface area contributed by atoms with E-state index >= 15 is 0 Å². The van der Waals surface area contributed by atoms with Gasteiger partial charge in [-0.2, -0.15) is 0 Å². The lowest BCUT2D eigenvalue weighted by atomic mass is 10.0. The predicted molar refractivity (Wildman–Crippen MR) is 88.8 cm³/mol. The Labute approximate surface area is 127 Å². The minimum Gasteiger partial charge on any atom is -0.377 e. The number of anilines is 2. The van der Waals surface area contributed by atoms with Crippen molar-refractivity contribution in [2.24, 2.45) is 5.92 Å². The van der Waals surface area contributed by atoms with Gasteiger partial charge in [-0.1, -0.05) is 29.8 Å². The van der Waals surface area contributed by atoms with Crippen LogP contribution in [-0.2, 0) is 0 Å². The monoisotopic (exact) mass is 281 g/mol. The molecule has 1 fully saturated rings. The van der Waals surface area contributed by atoms with Crippen molar-refractivity contribution < 1.29 is 0 Å². The van der Waals surface area contributed by atoms with Crippen LogP contribution >= 0.6 is 0 Å². The average molecular weight is 281 g/mol. The summed E-state index contributed by atoms with van der Waals surface area (Å²) in [6.45, 7) is 2.13. The standard InChI is InChI=1S/C18H23N3/c1-13-4-6-14(7-5-13)18(15-8-9-15)20-16-10-11-17(19-12-16)21(2)3/h4-7,10-12,15,18,20H,8-9H2,1-3H3. The summed E-state index contributed by atoms with van der Waals surface area (Å²) >= 11 is 0. The fourth-order valence-electron chi connectivity index (χ4n) is 2.59. The van der Waals surface area contributed by atoms with Crippen LogP contribution < -0.4 is 10.2 Å². The molecule has 1 aromatic carbocycles. The van der Waals surface area contributed by atoms with Gasteiger partial charge in [0.1, 0.15) is 5.82 Å². The fourth-order valence-corrected chi connectivity index (χ4v) is 2.59. The van der Waals surface area contributed by atoms with Crippen LogP contribution in [0.15, 0.2) is 42.6 Å². The second-order valence-corrected chi connectivity index (χ2v) is 6.17. The molecule has 0 bridgehead atoms. The molecule has 1 aliphatic carbocycles. The summed E-state index contributed by atoms with van der Waals surface area (Å²) in [5, 5.41) is 3.66. The quantitative estimate of drug-likeness (QED) is 0.897. The van der Waals surface area contributed by atoms with Crippen molar-refractivity contribution in [1.82, 2.24) is 4.98 Å². The van der Waals surface area contributed by atoms with E-state index in [1.165, 1.54) is 24.0 Å². The van der Waals surface area contributed by atoms with Gasteiger partial charge in [-0.25, -0.2) is 4.98 Å². The fraction of sp³-hybridized carbons (Fsp3) is 0.389. The summed E-state index contributed by atoms with van der Waals surface area (Å²) in [6, 6.07) is 13.4. The zero-order valence-corrected chi connectivity index (χ0v) is 13.0. The summed E-state index contributed by atoms with van der Waals surface area (Å²) < 4.78 is 0. The van der Waals surface area contributed by atoms with E-state index in [-0.39, 0.29) is 0 Å². The van der Waals surface area contributed by atoms with E-state index < -0.39 is 0 Å². The van der Waals surface area contributed by atoms with E-state index in [4.69, 9.17) is 0 Å². The third kappa shape index (κ3) is 3.35.